The molecule has 0 atom stereocenters. The Hall–Kier alpha value is -2.19. The van der Waals surface area contributed by atoms with E-state index in [9.17, 15) is 13.2 Å². The third kappa shape index (κ3) is 3.64. The minimum atomic E-state index is -3.56. The van der Waals surface area contributed by atoms with Crippen LogP contribution in [0.2, 0.25) is 0 Å². The van der Waals surface area contributed by atoms with E-state index < -0.39 is 10.0 Å². The quantitative estimate of drug-likeness (QED) is 0.873. The highest BCUT2D eigenvalue weighted by Gasteiger charge is 2.27. The second-order valence-electron chi connectivity index (χ2n) is 7.20. The van der Waals surface area contributed by atoms with Crippen molar-refractivity contribution in [2.75, 3.05) is 19.6 Å². The van der Waals surface area contributed by atoms with Crippen molar-refractivity contribution in [1.29, 1.82) is 0 Å². The van der Waals surface area contributed by atoms with Crippen LogP contribution in [0.3, 0.4) is 0 Å². The molecule has 0 unspecified atom stereocenters. The predicted molar refractivity (Wildman–Crippen MR) is 101 cm³/mol. The van der Waals surface area contributed by atoms with Crippen molar-refractivity contribution >= 4 is 15.9 Å². The van der Waals surface area contributed by atoms with Crippen molar-refractivity contribution in [3.63, 3.8) is 0 Å². The highest BCUT2D eigenvalue weighted by atomic mass is 32.2. The molecule has 2 aromatic rings. The van der Waals surface area contributed by atoms with Gasteiger partial charge in [-0.2, -0.15) is 9.40 Å². The Kier molecular flexibility index (Phi) is 5.01. The number of nitrogens with one attached hydrogen (secondary N) is 1. The molecule has 0 bridgehead atoms. The van der Waals surface area contributed by atoms with Crippen LogP contribution >= 0.6 is 0 Å². The van der Waals surface area contributed by atoms with E-state index >= 15 is 0 Å². The molecule has 27 heavy (non-hydrogen) atoms. The molecule has 4 rings (SSSR count). The lowest BCUT2D eigenvalue weighted by Crippen LogP contribution is -2.36. The van der Waals surface area contributed by atoms with Crippen molar-refractivity contribution < 1.29 is 13.2 Å². The molecule has 0 radical (unpaired) electrons. The van der Waals surface area contributed by atoms with Gasteiger partial charge in [0, 0.05) is 49.4 Å². The number of aromatic amines is 1. The Morgan fingerprint density at radius 2 is 1.85 bits per heavy atom. The van der Waals surface area contributed by atoms with Crippen LogP contribution in [0, 0.1) is 0 Å². The minimum Gasteiger partial charge on any atom is -0.334 e. The molecule has 0 spiro atoms. The molecule has 1 saturated heterocycles. The molecular formula is C19H24N4O3S. The van der Waals surface area contributed by atoms with Crippen LogP contribution in [0.15, 0.2) is 35.4 Å². The second-order valence-corrected chi connectivity index (χ2v) is 9.13. The average molecular weight is 388 g/mol. The summed E-state index contributed by atoms with van der Waals surface area (Å²) in [5, 5.41) is 6.98. The van der Waals surface area contributed by atoms with Crippen molar-refractivity contribution in [2.45, 2.75) is 43.5 Å². The van der Waals surface area contributed by atoms with Crippen LogP contribution in [-0.4, -0.2) is 53.4 Å². The summed E-state index contributed by atoms with van der Waals surface area (Å²) >= 11 is 0. The number of aromatic nitrogens is 2. The number of hydrogen-bond acceptors (Lipinski definition) is 4. The summed E-state index contributed by atoms with van der Waals surface area (Å²) in [5.74, 6) is -0.144. The summed E-state index contributed by atoms with van der Waals surface area (Å²) in [4.78, 5) is 14.9. The third-order valence-electron chi connectivity index (χ3n) is 5.37. The zero-order chi connectivity index (χ0) is 18.9. The number of hydrogen-bond donors (Lipinski definition) is 1. The third-order valence-corrected chi connectivity index (χ3v) is 7.27. The minimum absolute atomic E-state index is 0.144. The lowest BCUT2D eigenvalue weighted by atomic mass is 10.1. The maximum Gasteiger partial charge on any atom is 0.254 e. The molecule has 8 heteroatoms. The molecule has 0 aliphatic carbocycles. The Labute approximate surface area is 159 Å². The smallest absolute Gasteiger partial charge is 0.254 e. The standard InChI is InChI=1S/C19H24N4O3S/c24-19(22-11-8-18-16(14-22)13-20-21-18)15-6-5-7-17(12-15)27(25,26)23-9-3-1-2-4-10-23/h5-7,12-13H,1-4,8-11,14H2,(H,20,21). The second kappa shape index (κ2) is 7.44. The number of H-pyrrole nitrogens is 1. The fourth-order valence-corrected chi connectivity index (χ4v) is 5.36. The van der Waals surface area contributed by atoms with Gasteiger partial charge in [0.05, 0.1) is 11.1 Å². The highest BCUT2D eigenvalue weighted by Crippen LogP contribution is 2.23. The topological polar surface area (TPSA) is 86.4 Å². The molecule has 2 aliphatic heterocycles. The van der Waals surface area contributed by atoms with E-state index in [1.165, 1.54) is 6.07 Å². The first-order valence-electron chi connectivity index (χ1n) is 9.46. The largest absolute Gasteiger partial charge is 0.334 e. The van der Waals surface area contributed by atoms with Crippen LogP contribution < -0.4 is 0 Å². The van der Waals surface area contributed by atoms with Crippen LogP contribution in [0.5, 0.6) is 0 Å². The maximum absolute atomic E-state index is 13.0. The summed E-state index contributed by atoms with van der Waals surface area (Å²) < 4.78 is 27.6. The Morgan fingerprint density at radius 1 is 1.07 bits per heavy atom. The molecule has 144 valence electrons. The van der Waals surface area contributed by atoms with E-state index in [0.717, 1.165) is 43.4 Å². The number of nitrogens with zero attached hydrogens (tertiary/aromatic N) is 3. The van der Waals surface area contributed by atoms with Gasteiger partial charge >= 0.3 is 0 Å². The molecule has 1 aromatic heterocycles. The monoisotopic (exact) mass is 388 g/mol. The number of amides is 1. The number of rotatable bonds is 3. The fourth-order valence-electron chi connectivity index (χ4n) is 3.80. The van der Waals surface area contributed by atoms with E-state index in [1.807, 2.05) is 0 Å². The lowest BCUT2D eigenvalue weighted by Gasteiger charge is -2.27. The summed E-state index contributed by atoms with van der Waals surface area (Å²) in [5.41, 5.74) is 2.50. The van der Waals surface area contributed by atoms with Gasteiger partial charge in [-0.05, 0) is 31.0 Å². The van der Waals surface area contributed by atoms with Gasteiger partial charge in [0.1, 0.15) is 0 Å². The summed E-state index contributed by atoms with van der Waals surface area (Å²) in [7, 11) is -3.56. The highest BCUT2D eigenvalue weighted by molar-refractivity contribution is 7.89. The molecule has 0 saturated carbocycles. The first kappa shape index (κ1) is 18.2. The zero-order valence-corrected chi connectivity index (χ0v) is 16.0. The normalized spacial score (nSPS) is 18.7. The van der Waals surface area contributed by atoms with Crippen molar-refractivity contribution in [3.05, 3.63) is 47.3 Å². The van der Waals surface area contributed by atoms with Crippen LogP contribution in [0.25, 0.3) is 0 Å². The van der Waals surface area contributed by atoms with Crippen LogP contribution in [0.1, 0.15) is 47.3 Å². The average Bonchev–Trinajstić information content (AvgIpc) is 2.98. The zero-order valence-electron chi connectivity index (χ0n) is 15.2. The number of carbonyl (C=O) groups excluding carboxylic acids is 1. The van der Waals surface area contributed by atoms with Gasteiger partial charge < -0.3 is 4.90 Å². The number of sulfonamides is 1. The van der Waals surface area contributed by atoms with Crippen molar-refractivity contribution in [1.82, 2.24) is 19.4 Å². The molecular weight excluding hydrogens is 364 g/mol. The number of carbonyl (C=O) groups is 1. The summed E-state index contributed by atoms with van der Waals surface area (Å²) in [6, 6.07) is 6.45. The van der Waals surface area contributed by atoms with Crippen LogP contribution in [0.4, 0.5) is 0 Å². The molecule has 7 nitrogen and oxygen atoms in total. The van der Waals surface area contributed by atoms with Gasteiger partial charge in [-0.3, -0.25) is 9.89 Å². The molecule has 1 N–H and O–H groups in total. The van der Waals surface area contributed by atoms with Gasteiger partial charge in [-0.15, -0.1) is 0 Å². The van der Waals surface area contributed by atoms with Crippen LogP contribution in [-0.2, 0) is 23.0 Å². The summed E-state index contributed by atoms with van der Waals surface area (Å²) in [6.45, 7) is 2.19. The molecule has 1 fully saturated rings. The van der Waals surface area contributed by atoms with Gasteiger partial charge in [0.2, 0.25) is 10.0 Å². The maximum atomic E-state index is 13.0. The Morgan fingerprint density at radius 3 is 2.63 bits per heavy atom. The first-order chi connectivity index (χ1) is 13.1. The van der Waals surface area contributed by atoms with E-state index in [0.29, 0.717) is 31.7 Å². The number of benzene rings is 1. The SMILES string of the molecule is O=C(c1cccc(S(=O)(=O)N2CCCCCC2)c1)N1CCc2[nH]ncc2C1. The predicted octanol–water partition coefficient (Wildman–Crippen LogP) is 2.17. The van der Waals surface area contributed by atoms with E-state index in [1.54, 1.807) is 33.6 Å². The van der Waals surface area contributed by atoms with Gasteiger partial charge in [-0.25, -0.2) is 8.42 Å². The number of fused-ring (bicyclic) bond motifs is 1. The van der Waals surface area contributed by atoms with Gasteiger partial charge in [0.25, 0.3) is 5.91 Å². The molecule has 1 aromatic carbocycles. The van der Waals surface area contributed by atoms with Crippen molar-refractivity contribution in [2.24, 2.45) is 0 Å². The molecule has 2 aliphatic rings. The Balaban J connectivity index is 1.56. The fraction of sp³-hybridized carbons (Fsp3) is 0.474. The van der Waals surface area contributed by atoms with E-state index in [4.69, 9.17) is 0 Å². The van der Waals surface area contributed by atoms with Gasteiger partial charge in [-0.1, -0.05) is 18.9 Å². The first-order valence-corrected chi connectivity index (χ1v) is 10.9. The molecule has 1 amide bonds. The summed E-state index contributed by atoms with van der Waals surface area (Å²) in [6.07, 6.45) is 6.38. The van der Waals surface area contributed by atoms with Crippen molar-refractivity contribution in [3.8, 4) is 0 Å². The Bertz CT molecular complexity index is 930. The molecule has 3 heterocycles. The van der Waals surface area contributed by atoms with Gasteiger partial charge in [0.15, 0.2) is 0 Å². The van der Waals surface area contributed by atoms with E-state index in [-0.39, 0.29) is 10.8 Å². The lowest BCUT2D eigenvalue weighted by molar-refractivity contribution is 0.0734. The van der Waals surface area contributed by atoms with E-state index in [2.05, 4.69) is 10.2 Å².